The van der Waals surface area contributed by atoms with Gasteiger partial charge in [0, 0.05) is 23.7 Å². The Bertz CT molecular complexity index is 1030. The maximum absolute atomic E-state index is 13.1. The predicted molar refractivity (Wildman–Crippen MR) is 115 cm³/mol. The van der Waals surface area contributed by atoms with Gasteiger partial charge >= 0.3 is 5.97 Å². The molecular weight excluding hydrogens is 399 g/mol. The van der Waals surface area contributed by atoms with Crippen LogP contribution in [0.25, 0.3) is 0 Å². The molecule has 0 saturated carbocycles. The molecule has 1 unspecified atom stereocenters. The van der Waals surface area contributed by atoms with E-state index >= 15 is 0 Å². The SMILES string of the molecule is CCOC(=O)C1=C(C)N(CC(=O)Nc2ccc(F)cc2)C(=O)CC1c1cccc(C)c1. The predicted octanol–water partition coefficient (Wildman–Crippen LogP) is 3.93. The van der Waals surface area contributed by atoms with Gasteiger partial charge in [0.15, 0.2) is 0 Å². The lowest BCUT2D eigenvalue weighted by atomic mass is 9.83. The molecule has 0 saturated heterocycles. The third kappa shape index (κ3) is 5.17. The quantitative estimate of drug-likeness (QED) is 0.713. The maximum atomic E-state index is 13.1. The molecule has 7 heteroatoms. The second-order valence-corrected chi connectivity index (χ2v) is 7.43. The minimum absolute atomic E-state index is 0.0543. The first-order chi connectivity index (χ1) is 14.8. The van der Waals surface area contributed by atoms with Crippen LogP contribution >= 0.6 is 0 Å². The van der Waals surface area contributed by atoms with Gasteiger partial charge in [-0.3, -0.25) is 9.59 Å². The highest BCUT2D eigenvalue weighted by Gasteiger charge is 2.37. The molecule has 1 aliphatic heterocycles. The van der Waals surface area contributed by atoms with Crippen molar-refractivity contribution in [1.82, 2.24) is 4.90 Å². The van der Waals surface area contributed by atoms with E-state index in [-0.39, 0.29) is 25.5 Å². The smallest absolute Gasteiger partial charge is 0.336 e. The van der Waals surface area contributed by atoms with E-state index in [1.807, 2.05) is 31.2 Å². The van der Waals surface area contributed by atoms with E-state index in [1.54, 1.807) is 13.8 Å². The first-order valence-corrected chi connectivity index (χ1v) is 10.1. The number of amides is 2. The minimum atomic E-state index is -0.497. The number of carbonyl (C=O) groups excluding carboxylic acids is 3. The average molecular weight is 424 g/mol. The third-order valence-electron chi connectivity index (χ3n) is 5.19. The number of anilines is 1. The van der Waals surface area contributed by atoms with Crippen LogP contribution < -0.4 is 5.32 Å². The number of hydrogen-bond acceptors (Lipinski definition) is 4. The summed E-state index contributed by atoms with van der Waals surface area (Å²) >= 11 is 0. The highest BCUT2D eigenvalue weighted by Crippen LogP contribution is 2.37. The number of nitrogens with one attached hydrogen (secondary N) is 1. The van der Waals surface area contributed by atoms with Crippen LogP contribution in [-0.4, -0.2) is 35.8 Å². The van der Waals surface area contributed by atoms with E-state index in [0.717, 1.165) is 11.1 Å². The van der Waals surface area contributed by atoms with Gasteiger partial charge in [-0.15, -0.1) is 0 Å². The number of esters is 1. The molecule has 0 radical (unpaired) electrons. The van der Waals surface area contributed by atoms with Gasteiger partial charge in [-0.05, 0) is 50.6 Å². The highest BCUT2D eigenvalue weighted by molar-refractivity contribution is 5.99. The Morgan fingerprint density at radius 2 is 1.87 bits per heavy atom. The second kappa shape index (κ2) is 9.55. The largest absolute Gasteiger partial charge is 0.463 e. The molecule has 1 heterocycles. The van der Waals surface area contributed by atoms with Gasteiger partial charge in [-0.1, -0.05) is 29.8 Å². The number of rotatable bonds is 6. The lowest BCUT2D eigenvalue weighted by Gasteiger charge is -2.34. The molecule has 31 heavy (non-hydrogen) atoms. The van der Waals surface area contributed by atoms with Gasteiger partial charge in [0.2, 0.25) is 11.8 Å². The first-order valence-electron chi connectivity index (χ1n) is 10.1. The molecule has 0 bridgehead atoms. The molecule has 162 valence electrons. The van der Waals surface area contributed by atoms with Gasteiger partial charge in [0.1, 0.15) is 12.4 Å². The summed E-state index contributed by atoms with van der Waals surface area (Å²) in [5.74, 6) is -2.06. The molecule has 6 nitrogen and oxygen atoms in total. The van der Waals surface area contributed by atoms with Gasteiger partial charge < -0.3 is 15.0 Å². The summed E-state index contributed by atoms with van der Waals surface area (Å²) in [5, 5.41) is 2.64. The number of carbonyl (C=O) groups is 3. The number of allylic oxidation sites excluding steroid dienone is 1. The van der Waals surface area contributed by atoms with E-state index in [1.165, 1.54) is 29.2 Å². The number of hydrogen-bond donors (Lipinski definition) is 1. The lowest BCUT2D eigenvalue weighted by molar-refractivity contribution is -0.140. The number of ether oxygens (including phenoxy) is 1. The Morgan fingerprint density at radius 1 is 1.16 bits per heavy atom. The fourth-order valence-electron chi connectivity index (χ4n) is 3.73. The summed E-state index contributed by atoms with van der Waals surface area (Å²) < 4.78 is 18.3. The molecular formula is C24H25FN2O4. The average Bonchev–Trinajstić information content (AvgIpc) is 2.72. The normalized spacial score (nSPS) is 16.3. The van der Waals surface area contributed by atoms with E-state index < -0.39 is 23.6 Å². The molecule has 1 aliphatic rings. The zero-order valence-electron chi connectivity index (χ0n) is 17.8. The highest BCUT2D eigenvalue weighted by atomic mass is 19.1. The second-order valence-electron chi connectivity index (χ2n) is 7.43. The molecule has 0 aliphatic carbocycles. The molecule has 2 amide bonds. The molecule has 2 aromatic carbocycles. The van der Waals surface area contributed by atoms with Crippen LogP contribution in [0.1, 0.15) is 37.3 Å². The van der Waals surface area contributed by atoms with Crippen molar-refractivity contribution < 1.29 is 23.5 Å². The van der Waals surface area contributed by atoms with Crippen LogP contribution in [0.3, 0.4) is 0 Å². The Kier molecular flexibility index (Phi) is 6.84. The van der Waals surface area contributed by atoms with Crippen molar-refractivity contribution in [2.75, 3.05) is 18.5 Å². The zero-order valence-corrected chi connectivity index (χ0v) is 17.8. The first kappa shape index (κ1) is 22.2. The number of nitrogens with zero attached hydrogens (tertiary/aromatic N) is 1. The van der Waals surface area contributed by atoms with Crippen LogP contribution in [0.5, 0.6) is 0 Å². The maximum Gasteiger partial charge on any atom is 0.336 e. The number of halogens is 1. The fraction of sp³-hybridized carbons (Fsp3) is 0.292. The van der Waals surface area contributed by atoms with E-state index in [4.69, 9.17) is 4.74 Å². The van der Waals surface area contributed by atoms with Gasteiger partial charge in [0.05, 0.1) is 12.2 Å². The van der Waals surface area contributed by atoms with Crippen molar-refractivity contribution in [3.05, 3.63) is 76.7 Å². The fourth-order valence-corrected chi connectivity index (χ4v) is 3.73. The van der Waals surface area contributed by atoms with E-state index in [9.17, 15) is 18.8 Å². The Morgan fingerprint density at radius 3 is 2.52 bits per heavy atom. The van der Waals surface area contributed by atoms with Gasteiger partial charge in [0.25, 0.3) is 0 Å². The summed E-state index contributed by atoms with van der Waals surface area (Å²) in [5.41, 5.74) is 3.07. The molecule has 1 atom stereocenters. The summed E-state index contributed by atoms with van der Waals surface area (Å²) in [6.07, 6.45) is 0.0543. The van der Waals surface area contributed by atoms with Crippen LogP contribution in [0, 0.1) is 12.7 Å². The molecule has 0 spiro atoms. The van der Waals surface area contributed by atoms with E-state index in [0.29, 0.717) is 17.0 Å². The Hall–Kier alpha value is -3.48. The van der Waals surface area contributed by atoms with Crippen LogP contribution in [0.4, 0.5) is 10.1 Å². The Labute approximate surface area is 180 Å². The summed E-state index contributed by atoms with van der Waals surface area (Å²) in [4.78, 5) is 39.5. The molecule has 3 rings (SSSR count). The summed E-state index contributed by atoms with van der Waals surface area (Å²) in [6, 6.07) is 13.0. The summed E-state index contributed by atoms with van der Waals surface area (Å²) in [7, 11) is 0. The van der Waals surface area contributed by atoms with Crippen LogP contribution in [0.15, 0.2) is 59.8 Å². The lowest BCUT2D eigenvalue weighted by Crippen LogP contribution is -2.42. The van der Waals surface area contributed by atoms with Gasteiger partial charge in [-0.25, -0.2) is 9.18 Å². The van der Waals surface area contributed by atoms with E-state index in [2.05, 4.69) is 5.32 Å². The minimum Gasteiger partial charge on any atom is -0.463 e. The molecule has 2 aromatic rings. The van der Waals surface area contributed by atoms with Crippen molar-refractivity contribution in [3.63, 3.8) is 0 Å². The van der Waals surface area contributed by atoms with Crippen molar-refractivity contribution >= 4 is 23.5 Å². The number of benzene rings is 2. The standard InChI is InChI=1S/C24H25FN2O4/c1-4-31-24(30)23-16(3)27(14-21(28)26-19-10-8-18(25)9-11-19)22(29)13-20(23)17-7-5-6-15(2)12-17/h5-12,20H,4,13-14H2,1-3H3,(H,26,28). The van der Waals surface area contributed by atoms with Crippen molar-refractivity contribution in [3.8, 4) is 0 Å². The number of aryl methyl sites for hydroxylation is 1. The molecule has 1 N–H and O–H groups in total. The van der Waals surface area contributed by atoms with Crippen LogP contribution in [-0.2, 0) is 19.1 Å². The van der Waals surface area contributed by atoms with Crippen LogP contribution in [0.2, 0.25) is 0 Å². The summed E-state index contributed by atoms with van der Waals surface area (Å²) in [6.45, 7) is 5.26. The molecule has 0 aromatic heterocycles. The van der Waals surface area contributed by atoms with Gasteiger partial charge in [-0.2, -0.15) is 0 Å². The Balaban J connectivity index is 1.90. The van der Waals surface area contributed by atoms with Crippen molar-refractivity contribution in [1.29, 1.82) is 0 Å². The topological polar surface area (TPSA) is 75.7 Å². The zero-order chi connectivity index (χ0) is 22.5. The molecule has 0 fully saturated rings. The monoisotopic (exact) mass is 424 g/mol. The van der Waals surface area contributed by atoms with Crippen molar-refractivity contribution in [2.45, 2.75) is 33.1 Å². The third-order valence-corrected chi connectivity index (χ3v) is 5.19. The van der Waals surface area contributed by atoms with Crippen molar-refractivity contribution in [2.24, 2.45) is 0 Å².